The van der Waals surface area contributed by atoms with Crippen molar-refractivity contribution in [1.82, 2.24) is 0 Å². The van der Waals surface area contributed by atoms with E-state index in [0.717, 1.165) is 36.0 Å². The number of unbranched alkanes of at least 4 members (excludes halogenated alkanes) is 2. The van der Waals surface area contributed by atoms with E-state index >= 15 is 0 Å². The average Bonchev–Trinajstić information content (AvgIpc) is 2.67. The first kappa shape index (κ1) is 13.0. The minimum Gasteiger partial charge on any atom is -0.299 e. The van der Waals surface area contributed by atoms with Crippen LogP contribution >= 0.6 is 0 Å². The average molecular weight is 244 g/mol. The van der Waals surface area contributed by atoms with Gasteiger partial charge in [0, 0.05) is 12.0 Å². The zero-order valence-electron chi connectivity index (χ0n) is 11.2. The largest absolute Gasteiger partial charge is 0.299 e. The number of rotatable bonds is 5. The highest BCUT2D eigenvalue weighted by molar-refractivity contribution is 6.14. The zero-order chi connectivity index (χ0) is 13.1. The molecule has 0 fully saturated rings. The van der Waals surface area contributed by atoms with E-state index in [2.05, 4.69) is 6.92 Å². The predicted molar refractivity (Wildman–Crippen MR) is 71.9 cm³/mol. The molecule has 1 aliphatic rings. The molecule has 0 amide bonds. The fourth-order valence-electron chi connectivity index (χ4n) is 2.58. The summed E-state index contributed by atoms with van der Waals surface area (Å²) in [4.78, 5) is 24.3. The first-order chi connectivity index (χ1) is 8.63. The number of Topliss-reactive ketones (excluding diaryl/α,β-unsaturated/α-hetero) is 2. The Balaban J connectivity index is 2.07. The summed E-state index contributed by atoms with van der Waals surface area (Å²) < 4.78 is 0. The number of ketones is 2. The molecular weight excluding hydrogens is 224 g/mol. The van der Waals surface area contributed by atoms with Crippen LogP contribution in [0.1, 0.15) is 54.1 Å². The second-order valence-electron chi connectivity index (χ2n) is 5.20. The molecule has 18 heavy (non-hydrogen) atoms. The lowest BCUT2D eigenvalue weighted by Gasteiger charge is -2.06. The molecule has 0 N–H and O–H groups in total. The highest BCUT2D eigenvalue weighted by Crippen LogP contribution is 2.29. The maximum Gasteiger partial charge on any atom is 0.173 e. The van der Waals surface area contributed by atoms with Gasteiger partial charge in [0.2, 0.25) is 0 Å². The van der Waals surface area contributed by atoms with Gasteiger partial charge in [0.05, 0.1) is 5.92 Å². The number of hydrogen-bond acceptors (Lipinski definition) is 2. The van der Waals surface area contributed by atoms with E-state index in [-0.39, 0.29) is 11.6 Å². The van der Waals surface area contributed by atoms with Gasteiger partial charge < -0.3 is 0 Å². The number of carbonyl (C=O) groups is 2. The molecule has 1 aromatic carbocycles. The van der Waals surface area contributed by atoms with E-state index in [1.54, 1.807) is 0 Å². The molecule has 0 bridgehead atoms. The Bertz CT molecular complexity index is 474. The topological polar surface area (TPSA) is 34.1 Å². The van der Waals surface area contributed by atoms with Crippen LogP contribution in [-0.4, -0.2) is 11.6 Å². The second-order valence-corrected chi connectivity index (χ2v) is 5.20. The molecule has 2 nitrogen and oxygen atoms in total. The monoisotopic (exact) mass is 244 g/mol. The van der Waals surface area contributed by atoms with Crippen molar-refractivity contribution in [3.05, 3.63) is 34.9 Å². The Morgan fingerprint density at radius 2 is 2.11 bits per heavy atom. The Hall–Kier alpha value is -1.44. The Morgan fingerprint density at radius 3 is 2.83 bits per heavy atom. The fraction of sp³-hybridized carbons (Fsp3) is 0.500. The van der Waals surface area contributed by atoms with Gasteiger partial charge in [0.25, 0.3) is 0 Å². The van der Waals surface area contributed by atoms with Crippen LogP contribution in [0.3, 0.4) is 0 Å². The number of aryl methyl sites for hydroxylation is 1. The van der Waals surface area contributed by atoms with E-state index in [9.17, 15) is 9.59 Å². The fourth-order valence-corrected chi connectivity index (χ4v) is 2.58. The molecule has 0 saturated heterocycles. The van der Waals surface area contributed by atoms with Gasteiger partial charge in [-0.3, -0.25) is 9.59 Å². The summed E-state index contributed by atoms with van der Waals surface area (Å²) in [6.45, 7) is 4.09. The lowest BCUT2D eigenvalue weighted by atomic mass is 9.95. The number of fused-ring (bicyclic) bond motifs is 1. The van der Waals surface area contributed by atoms with Gasteiger partial charge in [-0.05, 0) is 31.4 Å². The third-order valence-electron chi connectivity index (χ3n) is 3.69. The molecule has 0 aromatic heterocycles. The lowest BCUT2D eigenvalue weighted by molar-refractivity contribution is -0.121. The van der Waals surface area contributed by atoms with Crippen molar-refractivity contribution < 1.29 is 9.59 Å². The number of hydrogen-bond donors (Lipinski definition) is 0. The van der Waals surface area contributed by atoms with Crippen LogP contribution in [0.2, 0.25) is 0 Å². The summed E-state index contributed by atoms with van der Waals surface area (Å²) in [5.41, 5.74) is 2.89. The summed E-state index contributed by atoms with van der Waals surface area (Å²) in [6, 6.07) is 5.91. The standard InChI is InChI=1S/C16H20O2/c1-3-4-5-6-15(17)14-10-12-8-7-11(2)9-13(12)16(14)18/h7-9,14H,3-6,10H2,1-2H3. The van der Waals surface area contributed by atoms with Crippen molar-refractivity contribution in [2.24, 2.45) is 5.92 Å². The Labute approximate surface area is 108 Å². The summed E-state index contributed by atoms with van der Waals surface area (Å²) in [6.07, 6.45) is 4.25. The first-order valence-electron chi connectivity index (χ1n) is 6.80. The molecule has 2 heteroatoms. The molecule has 0 spiro atoms. The molecule has 1 aliphatic carbocycles. The van der Waals surface area contributed by atoms with Gasteiger partial charge in [-0.2, -0.15) is 0 Å². The SMILES string of the molecule is CCCCCC(=O)C1Cc2ccc(C)cc2C1=O. The smallest absolute Gasteiger partial charge is 0.173 e. The third kappa shape index (κ3) is 2.53. The van der Waals surface area contributed by atoms with Crippen LogP contribution in [0.25, 0.3) is 0 Å². The van der Waals surface area contributed by atoms with Crippen molar-refractivity contribution in [3.8, 4) is 0 Å². The first-order valence-corrected chi connectivity index (χ1v) is 6.80. The number of carbonyl (C=O) groups excluding carboxylic acids is 2. The summed E-state index contributed by atoms with van der Waals surface area (Å²) >= 11 is 0. The van der Waals surface area contributed by atoms with Crippen LogP contribution < -0.4 is 0 Å². The van der Waals surface area contributed by atoms with Crippen molar-refractivity contribution in [2.45, 2.75) is 46.0 Å². The van der Waals surface area contributed by atoms with Crippen LogP contribution in [-0.2, 0) is 11.2 Å². The predicted octanol–water partition coefficient (Wildman–Crippen LogP) is 3.50. The molecule has 0 aliphatic heterocycles. The number of benzene rings is 1. The molecule has 1 aromatic rings. The van der Waals surface area contributed by atoms with Gasteiger partial charge in [-0.1, -0.05) is 37.5 Å². The third-order valence-corrected chi connectivity index (χ3v) is 3.69. The van der Waals surface area contributed by atoms with Crippen LogP contribution in [0.15, 0.2) is 18.2 Å². The molecular formula is C16H20O2. The molecule has 1 unspecified atom stereocenters. The normalized spacial score (nSPS) is 17.9. The molecule has 1 atom stereocenters. The minimum atomic E-state index is -0.404. The van der Waals surface area contributed by atoms with Gasteiger partial charge in [-0.15, -0.1) is 0 Å². The Kier molecular flexibility index (Phi) is 3.95. The minimum absolute atomic E-state index is 0.0372. The van der Waals surface area contributed by atoms with E-state index in [4.69, 9.17) is 0 Å². The second kappa shape index (κ2) is 5.47. The molecule has 0 radical (unpaired) electrons. The maximum atomic E-state index is 12.2. The van der Waals surface area contributed by atoms with E-state index < -0.39 is 5.92 Å². The van der Waals surface area contributed by atoms with Gasteiger partial charge >= 0.3 is 0 Å². The van der Waals surface area contributed by atoms with Gasteiger partial charge in [0.1, 0.15) is 5.78 Å². The maximum absolute atomic E-state index is 12.2. The highest BCUT2D eigenvalue weighted by Gasteiger charge is 2.34. The van der Waals surface area contributed by atoms with Crippen LogP contribution in [0, 0.1) is 12.8 Å². The summed E-state index contributed by atoms with van der Waals surface area (Å²) in [5, 5.41) is 0. The lowest BCUT2D eigenvalue weighted by Crippen LogP contribution is -2.20. The molecule has 2 rings (SSSR count). The van der Waals surface area contributed by atoms with E-state index in [0.29, 0.717) is 12.8 Å². The van der Waals surface area contributed by atoms with Crippen molar-refractivity contribution >= 4 is 11.6 Å². The van der Waals surface area contributed by atoms with Crippen molar-refractivity contribution in [3.63, 3.8) is 0 Å². The Morgan fingerprint density at radius 1 is 1.33 bits per heavy atom. The molecule has 96 valence electrons. The van der Waals surface area contributed by atoms with Crippen molar-refractivity contribution in [1.29, 1.82) is 0 Å². The van der Waals surface area contributed by atoms with E-state index in [1.165, 1.54) is 0 Å². The van der Waals surface area contributed by atoms with Crippen molar-refractivity contribution in [2.75, 3.05) is 0 Å². The quantitative estimate of drug-likeness (QED) is 0.587. The van der Waals surface area contributed by atoms with Crippen LogP contribution in [0.4, 0.5) is 0 Å². The summed E-state index contributed by atoms with van der Waals surface area (Å²) in [5.74, 6) is -0.240. The van der Waals surface area contributed by atoms with Gasteiger partial charge in [-0.25, -0.2) is 0 Å². The summed E-state index contributed by atoms with van der Waals surface area (Å²) in [7, 11) is 0. The van der Waals surface area contributed by atoms with E-state index in [1.807, 2.05) is 25.1 Å². The zero-order valence-corrected chi connectivity index (χ0v) is 11.2. The van der Waals surface area contributed by atoms with Crippen LogP contribution in [0.5, 0.6) is 0 Å². The molecule has 0 saturated carbocycles. The molecule has 0 heterocycles. The van der Waals surface area contributed by atoms with Gasteiger partial charge in [0.15, 0.2) is 5.78 Å². The highest BCUT2D eigenvalue weighted by atomic mass is 16.2.